The average Bonchev–Trinajstić information content (AvgIpc) is 2.79. The summed E-state index contributed by atoms with van der Waals surface area (Å²) >= 11 is 0. The molecule has 0 aliphatic carbocycles. The van der Waals surface area contributed by atoms with Crippen molar-refractivity contribution in [2.45, 2.75) is 0 Å². The van der Waals surface area contributed by atoms with Crippen LogP contribution in [0.2, 0.25) is 0 Å². The Bertz CT molecular complexity index is 988. The fraction of sp³-hybridized carbons (Fsp3) is 0.273. The average molecular weight is 403 g/mol. The Hall–Kier alpha value is -3.36. The van der Waals surface area contributed by atoms with E-state index in [9.17, 15) is 4.79 Å². The van der Waals surface area contributed by atoms with Crippen molar-refractivity contribution in [3.05, 3.63) is 66.6 Å². The third-order valence-corrected chi connectivity index (χ3v) is 5.05. The number of aromatic nitrogens is 3. The number of amides is 1. The van der Waals surface area contributed by atoms with Gasteiger partial charge < -0.3 is 15.5 Å². The molecule has 4 rings (SSSR count). The number of likely N-dealkylation sites (N-methyl/N-ethyl adjacent to an activating group) is 1. The second-order valence-electron chi connectivity index (χ2n) is 7.30. The molecule has 1 fully saturated rings. The van der Waals surface area contributed by atoms with E-state index in [1.165, 1.54) is 0 Å². The fourth-order valence-corrected chi connectivity index (χ4v) is 3.25. The molecule has 0 spiro atoms. The highest BCUT2D eigenvalue weighted by atomic mass is 16.1. The Labute approximate surface area is 176 Å². The van der Waals surface area contributed by atoms with Crippen molar-refractivity contribution >= 4 is 17.5 Å². The normalized spacial score (nSPS) is 15.0. The minimum Gasteiger partial charge on any atom is -0.339 e. The third-order valence-electron chi connectivity index (χ3n) is 5.05. The standard InChI is InChI=1S/C22H25N7O/c1-28-10-12-29(13-11-28)16-25-21(30)17-4-2-6-19(14-17)26-22-24-9-7-20(27-22)18-5-3-8-23-15-18/h2-9,14-15H,10-13,16H2,1H3,(H,25,30)(H,24,26,27). The smallest absolute Gasteiger partial charge is 0.252 e. The molecule has 2 aromatic heterocycles. The number of carbonyl (C=O) groups excluding carboxylic acids is 1. The van der Waals surface area contributed by atoms with Gasteiger partial charge in [0, 0.05) is 61.6 Å². The first-order valence-corrected chi connectivity index (χ1v) is 9.97. The molecule has 1 amide bonds. The van der Waals surface area contributed by atoms with Crippen LogP contribution in [0.1, 0.15) is 10.4 Å². The summed E-state index contributed by atoms with van der Waals surface area (Å²) in [7, 11) is 2.12. The minimum atomic E-state index is -0.0948. The second-order valence-corrected chi connectivity index (χ2v) is 7.30. The number of anilines is 2. The van der Waals surface area contributed by atoms with E-state index in [1.807, 2.05) is 30.3 Å². The van der Waals surface area contributed by atoms with Gasteiger partial charge in [0.05, 0.1) is 12.4 Å². The quantitative estimate of drug-likeness (QED) is 0.653. The molecule has 8 heteroatoms. The maximum Gasteiger partial charge on any atom is 0.252 e. The van der Waals surface area contributed by atoms with E-state index in [1.54, 1.807) is 30.7 Å². The van der Waals surface area contributed by atoms with Crippen molar-refractivity contribution in [1.82, 2.24) is 30.1 Å². The molecule has 30 heavy (non-hydrogen) atoms. The van der Waals surface area contributed by atoms with Crippen molar-refractivity contribution in [3.63, 3.8) is 0 Å². The first-order chi connectivity index (χ1) is 14.7. The van der Waals surface area contributed by atoms with Gasteiger partial charge in [-0.05, 0) is 43.4 Å². The summed E-state index contributed by atoms with van der Waals surface area (Å²) in [5.41, 5.74) is 3.05. The second kappa shape index (κ2) is 9.43. The van der Waals surface area contributed by atoms with E-state index < -0.39 is 0 Å². The van der Waals surface area contributed by atoms with Crippen LogP contribution in [0.4, 0.5) is 11.6 Å². The van der Waals surface area contributed by atoms with E-state index >= 15 is 0 Å². The van der Waals surface area contributed by atoms with Gasteiger partial charge in [0.1, 0.15) is 0 Å². The third kappa shape index (κ3) is 5.16. The summed E-state index contributed by atoms with van der Waals surface area (Å²) in [6.45, 7) is 4.52. The molecule has 1 saturated heterocycles. The van der Waals surface area contributed by atoms with Crippen LogP contribution in [-0.2, 0) is 0 Å². The Morgan fingerprint density at radius 1 is 1.07 bits per heavy atom. The van der Waals surface area contributed by atoms with Gasteiger partial charge >= 0.3 is 0 Å². The van der Waals surface area contributed by atoms with Crippen LogP contribution in [-0.4, -0.2) is 70.6 Å². The maximum absolute atomic E-state index is 12.6. The summed E-state index contributed by atoms with van der Waals surface area (Å²) in [6.07, 6.45) is 5.19. The molecule has 1 aliphatic heterocycles. The van der Waals surface area contributed by atoms with Crippen LogP contribution in [0.3, 0.4) is 0 Å². The summed E-state index contributed by atoms with van der Waals surface area (Å²) < 4.78 is 0. The first-order valence-electron chi connectivity index (χ1n) is 9.97. The Kier molecular flexibility index (Phi) is 6.26. The van der Waals surface area contributed by atoms with Crippen LogP contribution in [0.15, 0.2) is 61.1 Å². The first kappa shape index (κ1) is 19.9. The SMILES string of the molecule is CN1CCN(CNC(=O)c2cccc(Nc3nccc(-c4cccnc4)n3)c2)CC1. The number of nitrogens with zero attached hydrogens (tertiary/aromatic N) is 5. The molecule has 3 aromatic rings. The number of piperazine rings is 1. The van der Waals surface area contributed by atoms with E-state index in [0.29, 0.717) is 18.2 Å². The summed E-state index contributed by atoms with van der Waals surface area (Å²) in [4.78, 5) is 30.1. The van der Waals surface area contributed by atoms with Crippen molar-refractivity contribution in [2.24, 2.45) is 0 Å². The summed E-state index contributed by atoms with van der Waals surface area (Å²) in [5, 5.41) is 6.19. The lowest BCUT2D eigenvalue weighted by Crippen LogP contribution is -2.48. The van der Waals surface area contributed by atoms with Gasteiger partial charge in [-0.15, -0.1) is 0 Å². The highest BCUT2D eigenvalue weighted by molar-refractivity contribution is 5.95. The molecular formula is C22H25N7O. The van der Waals surface area contributed by atoms with Gasteiger partial charge in [-0.3, -0.25) is 14.7 Å². The molecule has 1 aromatic carbocycles. The lowest BCUT2D eigenvalue weighted by atomic mass is 10.2. The predicted octanol–water partition coefficient (Wildman–Crippen LogP) is 2.22. The van der Waals surface area contributed by atoms with E-state index in [4.69, 9.17) is 0 Å². The molecule has 2 N–H and O–H groups in total. The Balaban J connectivity index is 1.39. The lowest BCUT2D eigenvalue weighted by molar-refractivity contribution is 0.0890. The van der Waals surface area contributed by atoms with Gasteiger partial charge in [0.15, 0.2) is 0 Å². The minimum absolute atomic E-state index is 0.0948. The number of benzene rings is 1. The molecule has 0 saturated carbocycles. The Morgan fingerprint density at radius 3 is 2.73 bits per heavy atom. The number of hydrogen-bond acceptors (Lipinski definition) is 7. The zero-order chi connectivity index (χ0) is 20.8. The summed E-state index contributed by atoms with van der Waals surface area (Å²) in [6, 6.07) is 13.0. The zero-order valence-electron chi connectivity index (χ0n) is 17.0. The number of pyridine rings is 1. The highest BCUT2D eigenvalue weighted by Crippen LogP contribution is 2.19. The van der Waals surface area contributed by atoms with Crippen molar-refractivity contribution in [3.8, 4) is 11.3 Å². The predicted molar refractivity (Wildman–Crippen MR) is 116 cm³/mol. The molecule has 8 nitrogen and oxygen atoms in total. The lowest BCUT2D eigenvalue weighted by Gasteiger charge is -2.32. The number of hydrogen-bond donors (Lipinski definition) is 2. The van der Waals surface area contributed by atoms with E-state index in [-0.39, 0.29) is 5.91 Å². The van der Waals surface area contributed by atoms with Gasteiger partial charge in [-0.25, -0.2) is 9.97 Å². The maximum atomic E-state index is 12.6. The van der Waals surface area contributed by atoms with Gasteiger partial charge in [-0.2, -0.15) is 0 Å². The Morgan fingerprint density at radius 2 is 1.93 bits per heavy atom. The van der Waals surface area contributed by atoms with Crippen LogP contribution in [0.25, 0.3) is 11.3 Å². The fourth-order valence-electron chi connectivity index (χ4n) is 3.25. The van der Waals surface area contributed by atoms with Crippen LogP contribution in [0, 0.1) is 0 Å². The zero-order valence-corrected chi connectivity index (χ0v) is 17.0. The number of rotatable bonds is 6. The van der Waals surface area contributed by atoms with Crippen molar-refractivity contribution in [1.29, 1.82) is 0 Å². The van der Waals surface area contributed by atoms with Crippen LogP contribution in [0.5, 0.6) is 0 Å². The molecular weight excluding hydrogens is 378 g/mol. The van der Waals surface area contributed by atoms with E-state index in [2.05, 4.69) is 42.4 Å². The van der Waals surface area contributed by atoms with Gasteiger partial charge in [0.2, 0.25) is 5.95 Å². The largest absolute Gasteiger partial charge is 0.339 e. The van der Waals surface area contributed by atoms with Crippen molar-refractivity contribution < 1.29 is 4.79 Å². The molecule has 3 heterocycles. The topological polar surface area (TPSA) is 86.3 Å². The van der Waals surface area contributed by atoms with Gasteiger partial charge in [-0.1, -0.05) is 6.07 Å². The number of carbonyl (C=O) groups is 1. The molecule has 1 aliphatic rings. The molecule has 0 unspecified atom stereocenters. The molecule has 0 radical (unpaired) electrons. The molecule has 0 bridgehead atoms. The molecule has 0 atom stereocenters. The van der Waals surface area contributed by atoms with E-state index in [0.717, 1.165) is 43.1 Å². The van der Waals surface area contributed by atoms with Crippen LogP contribution < -0.4 is 10.6 Å². The number of nitrogens with one attached hydrogen (secondary N) is 2. The highest BCUT2D eigenvalue weighted by Gasteiger charge is 2.15. The van der Waals surface area contributed by atoms with Crippen LogP contribution >= 0.6 is 0 Å². The monoisotopic (exact) mass is 403 g/mol. The molecule has 154 valence electrons. The van der Waals surface area contributed by atoms with Crippen molar-refractivity contribution in [2.75, 3.05) is 45.2 Å². The van der Waals surface area contributed by atoms with Gasteiger partial charge in [0.25, 0.3) is 5.91 Å². The summed E-state index contributed by atoms with van der Waals surface area (Å²) in [5.74, 6) is 0.369.